The van der Waals surface area contributed by atoms with E-state index in [0.29, 0.717) is 18.8 Å². The molecule has 0 atom stereocenters. The van der Waals surface area contributed by atoms with E-state index in [2.05, 4.69) is 15.2 Å². The number of halogens is 2. The van der Waals surface area contributed by atoms with E-state index in [1.54, 1.807) is 5.38 Å². The molecule has 1 saturated heterocycles. The summed E-state index contributed by atoms with van der Waals surface area (Å²) in [6.07, 6.45) is 4.99. The highest BCUT2D eigenvalue weighted by molar-refractivity contribution is 7.09. The van der Waals surface area contributed by atoms with E-state index in [0.717, 1.165) is 18.0 Å². The van der Waals surface area contributed by atoms with E-state index in [-0.39, 0.29) is 30.7 Å². The van der Waals surface area contributed by atoms with Crippen molar-refractivity contribution in [3.63, 3.8) is 0 Å². The number of piperidine rings is 1. The second-order valence-corrected chi connectivity index (χ2v) is 5.79. The molecular formula is C13H24Cl2N4OS. The summed E-state index contributed by atoms with van der Waals surface area (Å²) in [4.78, 5) is 18.4. The average molecular weight is 355 g/mol. The second kappa shape index (κ2) is 11.2. The van der Waals surface area contributed by atoms with Crippen LogP contribution in [0.2, 0.25) is 0 Å². The summed E-state index contributed by atoms with van der Waals surface area (Å²) in [6, 6.07) is 0. The lowest BCUT2D eigenvalue weighted by atomic mass is 10.1. The third-order valence-corrected chi connectivity index (χ3v) is 4.22. The number of nitrogens with zero attached hydrogens (tertiary/aromatic N) is 2. The molecule has 1 aliphatic heterocycles. The van der Waals surface area contributed by atoms with Crippen molar-refractivity contribution >= 4 is 42.1 Å². The van der Waals surface area contributed by atoms with Gasteiger partial charge < -0.3 is 16.0 Å². The molecular weight excluding hydrogens is 331 g/mol. The largest absolute Gasteiger partial charge is 0.351 e. The van der Waals surface area contributed by atoms with Crippen LogP contribution in [0, 0.1) is 0 Å². The molecule has 2 heterocycles. The summed E-state index contributed by atoms with van der Waals surface area (Å²) in [6.45, 7) is 4.60. The van der Waals surface area contributed by atoms with Crippen molar-refractivity contribution in [2.45, 2.75) is 32.2 Å². The fraction of sp³-hybridized carbons (Fsp3) is 0.692. The average Bonchev–Trinajstić information content (AvgIpc) is 2.93. The van der Waals surface area contributed by atoms with Crippen LogP contribution in [0.15, 0.2) is 5.38 Å². The maximum Gasteiger partial charge on any atom is 0.270 e. The van der Waals surface area contributed by atoms with Gasteiger partial charge in [0.2, 0.25) is 0 Å². The van der Waals surface area contributed by atoms with Crippen LogP contribution in [-0.4, -0.2) is 42.0 Å². The maximum absolute atomic E-state index is 11.8. The molecule has 0 unspecified atom stereocenters. The molecule has 0 aliphatic carbocycles. The van der Waals surface area contributed by atoms with Crippen molar-refractivity contribution in [2.75, 3.05) is 26.2 Å². The topological polar surface area (TPSA) is 71.2 Å². The Labute approximate surface area is 142 Å². The van der Waals surface area contributed by atoms with Crippen molar-refractivity contribution in [3.05, 3.63) is 16.1 Å². The first-order valence-electron chi connectivity index (χ1n) is 6.94. The van der Waals surface area contributed by atoms with Crippen molar-refractivity contribution in [1.82, 2.24) is 15.2 Å². The van der Waals surface area contributed by atoms with Crippen molar-refractivity contribution in [2.24, 2.45) is 5.73 Å². The summed E-state index contributed by atoms with van der Waals surface area (Å²) in [5, 5.41) is 5.48. The van der Waals surface area contributed by atoms with E-state index < -0.39 is 0 Å². The number of hydrogen-bond acceptors (Lipinski definition) is 5. The number of thiazole rings is 1. The SMILES string of the molecule is Cl.Cl.NCc1nc(C(=O)NCCCN2CCCCC2)cs1. The van der Waals surface area contributed by atoms with Crippen LogP contribution in [0.5, 0.6) is 0 Å². The van der Waals surface area contributed by atoms with Crippen molar-refractivity contribution < 1.29 is 4.79 Å². The van der Waals surface area contributed by atoms with Gasteiger partial charge in [-0.2, -0.15) is 0 Å². The number of rotatable bonds is 6. The van der Waals surface area contributed by atoms with Gasteiger partial charge in [0, 0.05) is 18.5 Å². The molecule has 5 nitrogen and oxygen atoms in total. The third kappa shape index (κ3) is 6.93. The molecule has 0 saturated carbocycles. The number of carbonyl (C=O) groups excluding carboxylic acids is 1. The van der Waals surface area contributed by atoms with Gasteiger partial charge in [-0.05, 0) is 38.9 Å². The van der Waals surface area contributed by atoms with Crippen LogP contribution in [0.1, 0.15) is 41.2 Å². The van der Waals surface area contributed by atoms with E-state index >= 15 is 0 Å². The van der Waals surface area contributed by atoms with Gasteiger partial charge in [-0.3, -0.25) is 4.79 Å². The molecule has 1 aromatic rings. The van der Waals surface area contributed by atoms with Gasteiger partial charge in [0.05, 0.1) is 0 Å². The summed E-state index contributed by atoms with van der Waals surface area (Å²) in [5.41, 5.74) is 5.97. The molecule has 1 aromatic heterocycles. The Kier molecular flexibility index (Phi) is 11.0. The molecule has 0 spiro atoms. The predicted molar refractivity (Wildman–Crippen MR) is 91.7 cm³/mol. The van der Waals surface area contributed by atoms with Gasteiger partial charge in [-0.25, -0.2) is 4.98 Å². The Morgan fingerprint density at radius 3 is 2.67 bits per heavy atom. The van der Waals surface area contributed by atoms with Gasteiger partial charge in [-0.15, -0.1) is 36.2 Å². The van der Waals surface area contributed by atoms with Crippen LogP contribution in [0.4, 0.5) is 0 Å². The first-order valence-corrected chi connectivity index (χ1v) is 7.82. The summed E-state index contributed by atoms with van der Waals surface area (Å²) in [7, 11) is 0. The monoisotopic (exact) mass is 354 g/mol. The molecule has 122 valence electrons. The number of amides is 1. The zero-order valence-electron chi connectivity index (χ0n) is 12.0. The molecule has 21 heavy (non-hydrogen) atoms. The lowest BCUT2D eigenvalue weighted by Crippen LogP contribution is -2.33. The van der Waals surface area contributed by atoms with Gasteiger partial charge in [0.15, 0.2) is 0 Å². The van der Waals surface area contributed by atoms with E-state index in [9.17, 15) is 4.79 Å². The number of carbonyl (C=O) groups is 1. The van der Waals surface area contributed by atoms with E-state index in [1.807, 2.05) is 0 Å². The Morgan fingerprint density at radius 2 is 2.05 bits per heavy atom. The van der Waals surface area contributed by atoms with Crippen LogP contribution in [0.3, 0.4) is 0 Å². The van der Waals surface area contributed by atoms with Crippen molar-refractivity contribution in [3.8, 4) is 0 Å². The lowest BCUT2D eigenvalue weighted by Gasteiger charge is -2.26. The molecule has 1 fully saturated rings. The fourth-order valence-corrected chi connectivity index (χ4v) is 2.94. The first-order chi connectivity index (χ1) is 9.29. The van der Waals surface area contributed by atoms with Gasteiger partial charge in [0.25, 0.3) is 5.91 Å². The highest BCUT2D eigenvalue weighted by Crippen LogP contribution is 2.09. The molecule has 0 bridgehead atoms. The first kappa shape index (κ1) is 20.6. The molecule has 8 heteroatoms. The lowest BCUT2D eigenvalue weighted by molar-refractivity contribution is 0.0946. The highest BCUT2D eigenvalue weighted by atomic mass is 35.5. The molecule has 0 aromatic carbocycles. The number of nitrogens with two attached hydrogens (primary N) is 1. The second-order valence-electron chi connectivity index (χ2n) is 4.84. The maximum atomic E-state index is 11.8. The Bertz CT molecular complexity index is 411. The molecule has 3 N–H and O–H groups in total. The van der Waals surface area contributed by atoms with Crippen LogP contribution >= 0.6 is 36.2 Å². The summed E-state index contributed by atoms with van der Waals surface area (Å²) < 4.78 is 0. The Hall–Kier alpha value is -0.400. The number of aromatic nitrogens is 1. The quantitative estimate of drug-likeness (QED) is 0.767. The zero-order valence-corrected chi connectivity index (χ0v) is 14.5. The van der Waals surface area contributed by atoms with E-state index in [4.69, 9.17) is 5.73 Å². The number of hydrogen-bond donors (Lipinski definition) is 2. The Balaban J connectivity index is 0.00000200. The molecule has 2 rings (SSSR count). The highest BCUT2D eigenvalue weighted by Gasteiger charge is 2.11. The predicted octanol–water partition coefficient (Wildman–Crippen LogP) is 2.05. The standard InChI is InChI=1S/C13H22N4OS.2ClH/c14-9-12-16-11(10-19-12)13(18)15-5-4-8-17-6-2-1-3-7-17;;/h10H,1-9,14H2,(H,15,18);2*1H. The molecule has 1 amide bonds. The minimum Gasteiger partial charge on any atom is -0.351 e. The molecule has 0 radical (unpaired) electrons. The van der Waals surface area contributed by atoms with Crippen molar-refractivity contribution in [1.29, 1.82) is 0 Å². The Morgan fingerprint density at radius 1 is 1.33 bits per heavy atom. The van der Waals surface area contributed by atoms with Gasteiger partial charge in [0.1, 0.15) is 10.7 Å². The van der Waals surface area contributed by atoms with Gasteiger partial charge >= 0.3 is 0 Å². The zero-order chi connectivity index (χ0) is 13.5. The molecule has 1 aliphatic rings. The summed E-state index contributed by atoms with van der Waals surface area (Å²) >= 11 is 1.43. The fourth-order valence-electron chi connectivity index (χ4n) is 2.29. The van der Waals surface area contributed by atoms with Crippen LogP contribution < -0.4 is 11.1 Å². The summed E-state index contributed by atoms with van der Waals surface area (Å²) in [5.74, 6) is -0.0883. The normalized spacial score (nSPS) is 14.9. The number of likely N-dealkylation sites (tertiary alicyclic amines) is 1. The minimum absolute atomic E-state index is 0. The van der Waals surface area contributed by atoms with E-state index in [1.165, 1.54) is 43.7 Å². The van der Waals surface area contributed by atoms with Crippen LogP contribution in [-0.2, 0) is 6.54 Å². The third-order valence-electron chi connectivity index (χ3n) is 3.34. The van der Waals surface area contributed by atoms with Gasteiger partial charge in [-0.1, -0.05) is 6.42 Å². The van der Waals surface area contributed by atoms with Crippen LogP contribution in [0.25, 0.3) is 0 Å². The number of nitrogens with one attached hydrogen (secondary N) is 1. The smallest absolute Gasteiger partial charge is 0.270 e. The minimum atomic E-state index is -0.0883.